The van der Waals surface area contributed by atoms with Crippen molar-refractivity contribution in [3.05, 3.63) is 69.8 Å². The Bertz CT molecular complexity index is 1330. The molecule has 1 aliphatic carbocycles. The van der Waals surface area contributed by atoms with Crippen molar-refractivity contribution in [3.63, 3.8) is 0 Å². The van der Waals surface area contributed by atoms with Gasteiger partial charge in [0.15, 0.2) is 11.5 Å². The predicted octanol–water partition coefficient (Wildman–Crippen LogP) is 5.41. The Hall–Kier alpha value is -3.11. The van der Waals surface area contributed by atoms with E-state index in [-0.39, 0.29) is 32.2 Å². The van der Waals surface area contributed by atoms with Crippen LogP contribution in [0.1, 0.15) is 93.7 Å². The summed E-state index contributed by atoms with van der Waals surface area (Å²) < 4.78 is 11.9. The molecule has 0 radical (unpaired) electrons. The molecule has 2 aromatic carbocycles. The molecule has 0 saturated carbocycles. The van der Waals surface area contributed by atoms with E-state index in [1.54, 1.807) is 35.2 Å². The smallest absolute Gasteiger partial charge is 0.247 e. The molecule has 46 heavy (non-hydrogen) atoms. The summed E-state index contributed by atoms with van der Waals surface area (Å²) >= 11 is 6.14. The van der Waals surface area contributed by atoms with Crippen LogP contribution in [0, 0.1) is 0 Å². The number of hydrogen-bond donors (Lipinski definition) is 4. The van der Waals surface area contributed by atoms with Crippen LogP contribution in [0.3, 0.4) is 0 Å². The molecular formula is C36H49ClN2O7. The molecule has 0 fully saturated rings. The molecule has 252 valence electrons. The maximum absolute atomic E-state index is 13.9. The van der Waals surface area contributed by atoms with Gasteiger partial charge in [0.1, 0.15) is 12.2 Å². The number of ether oxygens (including phenoxy) is 2. The number of aliphatic hydroxyl groups is 3. The van der Waals surface area contributed by atoms with Gasteiger partial charge in [-0.3, -0.25) is 9.59 Å². The summed E-state index contributed by atoms with van der Waals surface area (Å²) in [4.78, 5) is 29.2. The maximum atomic E-state index is 13.9. The van der Waals surface area contributed by atoms with Gasteiger partial charge in [-0.25, -0.2) is 0 Å². The third-order valence-corrected chi connectivity index (χ3v) is 9.19. The van der Waals surface area contributed by atoms with Gasteiger partial charge in [0.2, 0.25) is 11.8 Å². The molecule has 0 spiro atoms. The molecule has 9 nitrogen and oxygen atoms in total. The molecule has 10 heteroatoms. The normalized spacial score (nSPS) is 19.9. The van der Waals surface area contributed by atoms with Crippen molar-refractivity contribution in [2.75, 3.05) is 20.3 Å². The number of carbonyl (C=O) groups is 2. The third kappa shape index (κ3) is 8.82. The Morgan fingerprint density at radius 1 is 0.978 bits per heavy atom. The molecule has 0 aromatic heterocycles. The van der Waals surface area contributed by atoms with Crippen molar-refractivity contribution in [2.45, 2.75) is 108 Å². The van der Waals surface area contributed by atoms with Gasteiger partial charge in [-0.2, -0.15) is 0 Å². The number of nitrogens with one attached hydrogen (secondary N) is 1. The number of unbranched alkanes of at least 4 members (excludes halogenated alkanes) is 8. The minimum atomic E-state index is -1.17. The SMILES string of the molecule is CCCCCCCCCCCC(=O)N(Cc1ccc(Cl)cc1)C1C=C(C(=O)NCCO)C2c3cc(CO)cc(OC)c3OC2C1O. The molecule has 1 heterocycles. The summed E-state index contributed by atoms with van der Waals surface area (Å²) in [7, 11) is 1.49. The van der Waals surface area contributed by atoms with E-state index < -0.39 is 30.1 Å². The van der Waals surface area contributed by atoms with Crippen LogP contribution in [-0.4, -0.2) is 70.5 Å². The molecule has 4 unspecified atom stereocenters. The average Bonchev–Trinajstić information content (AvgIpc) is 3.46. The van der Waals surface area contributed by atoms with E-state index in [1.165, 1.54) is 39.2 Å². The van der Waals surface area contributed by atoms with Gasteiger partial charge >= 0.3 is 0 Å². The zero-order chi connectivity index (χ0) is 33.1. The van der Waals surface area contributed by atoms with Crippen LogP contribution in [0.4, 0.5) is 0 Å². The summed E-state index contributed by atoms with van der Waals surface area (Å²) in [6, 6.07) is 9.77. The number of carbonyl (C=O) groups excluding carboxylic acids is 2. The van der Waals surface area contributed by atoms with Crippen molar-refractivity contribution in [2.24, 2.45) is 0 Å². The predicted molar refractivity (Wildman–Crippen MR) is 178 cm³/mol. The Morgan fingerprint density at radius 3 is 2.28 bits per heavy atom. The number of fused-ring (bicyclic) bond motifs is 3. The molecule has 2 aromatic rings. The Balaban J connectivity index is 1.62. The first-order chi connectivity index (χ1) is 22.3. The number of amides is 2. The van der Waals surface area contributed by atoms with E-state index in [0.29, 0.717) is 39.6 Å². The zero-order valence-electron chi connectivity index (χ0n) is 27.1. The number of hydrogen-bond acceptors (Lipinski definition) is 7. The first kappa shape index (κ1) is 35.7. The summed E-state index contributed by atoms with van der Waals surface area (Å²) in [5.41, 5.74) is 2.35. The van der Waals surface area contributed by atoms with E-state index in [0.717, 1.165) is 31.2 Å². The number of nitrogens with zero attached hydrogens (tertiary/aromatic N) is 1. The molecule has 0 bridgehead atoms. The minimum Gasteiger partial charge on any atom is -0.493 e. The first-order valence-corrected chi connectivity index (χ1v) is 17.0. The maximum Gasteiger partial charge on any atom is 0.247 e. The topological polar surface area (TPSA) is 129 Å². The molecule has 4 rings (SSSR count). The zero-order valence-corrected chi connectivity index (χ0v) is 27.8. The van der Waals surface area contributed by atoms with Crippen LogP contribution < -0.4 is 14.8 Å². The highest BCUT2D eigenvalue weighted by Crippen LogP contribution is 2.51. The third-order valence-electron chi connectivity index (χ3n) is 8.94. The van der Waals surface area contributed by atoms with Crippen LogP contribution in [-0.2, 0) is 22.7 Å². The largest absolute Gasteiger partial charge is 0.493 e. The number of halogens is 1. The van der Waals surface area contributed by atoms with E-state index in [9.17, 15) is 24.9 Å². The van der Waals surface area contributed by atoms with Gasteiger partial charge in [-0.05, 0) is 47.9 Å². The molecule has 4 atom stereocenters. The fraction of sp³-hybridized carbons (Fsp3) is 0.556. The van der Waals surface area contributed by atoms with Crippen LogP contribution in [0.15, 0.2) is 48.0 Å². The quantitative estimate of drug-likeness (QED) is 0.158. The molecule has 1 aliphatic heterocycles. The van der Waals surface area contributed by atoms with Crippen LogP contribution >= 0.6 is 11.6 Å². The van der Waals surface area contributed by atoms with Gasteiger partial charge < -0.3 is 35.0 Å². The van der Waals surface area contributed by atoms with Crippen molar-refractivity contribution in [3.8, 4) is 11.5 Å². The Labute approximate surface area is 277 Å². The van der Waals surface area contributed by atoms with Crippen LogP contribution in [0.5, 0.6) is 11.5 Å². The highest BCUT2D eigenvalue weighted by atomic mass is 35.5. The van der Waals surface area contributed by atoms with E-state index >= 15 is 0 Å². The second kappa shape index (κ2) is 17.7. The van der Waals surface area contributed by atoms with Crippen molar-refractivity contribution < 1.29 is 34.4 Å². The number of benzene rings is 2. The van der Waals surface area contributed by atoms with E-state index in [1.807, 2.05) is 12.1 Å². The number of aliphatic hydroxyl groups excluding tert-OH is 3. The van der Waals surface area contributed by atoms with Gasteiger partial charge in [0.25, 0.3) is 0 Å². The second-order valence-corrected chi connectivity index (χ2v) is 12.7. The Kier molecular flexibility index (Phi) is 13.8. The minimum absolute atomic E-state index is 0.0422. The lowest BCUT2D eigenvalue weighted by Crippen LogP contribution is -2.55. The second-order valence-electron chi connectivity index (χ2n) is 12.2. The highest BCUT2D eigenvalue weighted by molar-refractivity contribution is 6.30. The lowest BCUT2D eigenvalue weighted by molar-refractivity contribution is -0.138. The van der Waals surface area contributed by atoms with Crippen molar-refractivity contribution in [1.29, 1.82) is 0 Å². The fourth-order valence-electron chi connectivity index (χ4n) is 6.50. The molecule has 0 saturated heterocycles. The first-order valence-electron chi connectivity index (χ1n) is 16.6. The summed E-state index contributed by atoms with van der Waals surface area (Å²) in [6.07, 6.45) is 10.1. The van der Waals surface area contributed by atoms with Gasteiger partial charge in [-0.15, -0.1) is 0 Å². The van der Waals surface area contributed by atoms with E-state index in [2.05, 4.69) is 12.2 Å². The van der Waals surface area contributed by atoms with E-state index in [4.69, 9.17) is 21.1 Å². The molecule has 2 aliphatic rings. The number of methoxy groups -OCH3 is 1. The van der Waals surface area contributed by atoms with Crippen LogP contribution in [0.2, 0.25) is 5.02 Å². The lowest BCUT2D eigenvalue weighted by Gasteiger charge is -2.41. The van der Waals surface area contributed by atoms with Gasteiger partial charge in [-0.1, -0.05) is 82.0 Å². The van der Waals surface area contributed by atoms with Gasteiger partial charge in [0.05, 0.1) is 32.3 Å². The van der Waals surface area contributed by atoms with Gasteiger partial charge in [0, 0.05) is 35.7 Å². The summed E-state index contributed by atoms with van der Waals surface area (Å²) in [5.74, 6) is -0.453. The standard InChI is InChI=1S/C36H49ClN2O7/c1-3-4-5-6-7-8-9-10-11-12-31(42)39(22-24-13-15-26(37)16-14-24)29-21-28(36(44)38-17-18-40)32-27-19-25(23-41)20-30(45-2)34(27)46-35(32)33(29)43/h13-16,19-21,29,32-33,35,40-41,43H,3-12,17-18,22-23H2,1-2H3,(H,38,44). The van der Waals surface area contributed by atoms with Crippen molar-refractivity contribution >= 4 is 23.4 Å². The molecular weight excluding hydrogens is 608 g/mol. The highest BCUT2D eigenvalue weighted by Gasteiger charge is 2.51. The summed E-state index contributed by atoms with van der Waals surface area (Å²) in [5, 5.41) is 34.5. The number of rotatable bonds is 18. The molecule has 2 amide bonds. The molecule has 4 N–H and O–H groups in total. The summed E-state index contributed by atoms with van der Waals surface area (Å²) in [6.45, 7) is 1.98. The lowest BCUT2D eigenvalue weighted by atomic mass is 9.77. The fourth-order valence-corrected chi connectivity index (χ4v) is 6.62. The monoisotopic (exact) mass is 656 g/mol. The van der Waals surface area contributed by atoms with Crippen molar-refractivity contribution in [1.82, 2.24) is 10.2 Å². The Morgan fingerprint density at radius 2 is 1.65 bits per heavy atom. The average molecular weight is 657 g/mol. The van der Waals surface area contributed by atoms with Crippen LogP contribution in [0.25, 0.3) is 0 Å².